The number of carboxylic acid groups (broad SMARTS) is 3. The molecule has 0 saturated heterocycles. The highest BCUT2D eigenvalue weighted by atomic mass is 19.4. The van der Waals surface area contributed by atoms with Crippen LogP contribution in [0.1, 0.15) is 21.0 Å². The summed E-state index contributed by atoms with van der Waals surface area (Å²) in [5, 5.41) is 31.4. The number of fused-ring (bicyclic) bond motifs is 2. The average molecular weight is 977 g/mol. The summed E-state index contributed by atoms with van der Waals surface area (Å²) in [6.07, 6.45) is -9.96. The molecule has 5 aromatic rings. The summed E-state index contributed by atoms with van der Waals surface area (Å²) < 4.78 is 113. The van der Waals surface area contributed by atoms with E-state index in [1.165, 1.54) is 12.1 Å². The fraction of sp³-hybridized carbons (Fsp3) is 0.250. The van der Waals surface area contributed by atoms with E-state index < -0.39 is 48.3 Å². The molecular weight excluding hydrogens is 939 g/mol. The summed E-state index contributed by atoms with van der Waals surface area (Å²) >= 11 is 0. The smallest absolute Gasteiger partial charge is 0.490 e. The quantitative estimate of drug-likeness (QED) is 0.0395. The Balaban J connectivity index is 0.000000626. The number of para-hydroxylation sites is 2. The zero-order chi connectivity index (χ0) is 51.2. The van der Waals surface area contributed by atoms with E-state index in [0.717, 1.165) is 10.8 Å². The van der Waals surface area contributed by atoms with Crippen LogP contribution in [0.3, 0.4) is 0 Å². The molecule has 10 N–H and O–H groups in total. The first-order chi connectivity index (χ1) is 31.8. The van der Waals surface area contributed by atoms with Gasteiger partial charge in [0, 0.05) is 54.7 Å². The van der Waals surface area contributed by atoms with Crippen molar-refractivity contribution in [2.75, 3.05) is 56.6 Å². The number of hydrogen-bond donors (Lipinski definition) is 8. The largest absolute Gasteiger partial charge is 0.492 e. The van der Waals surface area contributed by atoms with Crippen molar-refractivity contribution in [3.63, 3.8) is 0 Å². The summed E-state index contributed by atoms with van der Waals surface area (Å²) in [7, 11) is 0. The standard InChI is InChI=1S/C34H34N8O5.3C2HF3O2/c1-2-13-37-14-17-45-22-18-27(33(43)41-31-20-29(46-15-11-35)23-7-3-5-9-25(23)39-31)38-28(19-22)34(44)42-32-21-30(47-16-12-36)24-8-4-6-10-26(24)40-32;3*3-2(4,5)1(6)7/h1,3-10,18-21,37H,11-17,35-36H2,(H,39,41,43)(H,40,42,44);3*(H,6,7). The first-order valence-corrected chi connectivity index (χ1v) is 18.6. The van der Waals surface area contributed by atoms with Crippen LogP contribution in [0.5, 0.6) is 17.2 Å². The Hall–Kier alpha value is -8.03. The molecule has 0 spiro atoms. The maximum absolute atomic E-state index is 13.5. The van der Waals surface area contributed by atoms with Crippen LogP contribution in [0.25, 0.3) is 21.8 Å². The van der Waals surface area contributed by atoms with Gasteiger partial charge < -0.3 is 56.9 Å². The first-order valence-electron chi connectivity index (χ1n) is 18.6. The fourth-order valence-corrected chi connectivity index (χ4v) is 4.58. The Morgan fingerprint density at radius 3 is 1.29 bits per heavy atom. The summed E-state index contributed by atoms with van der Waals surface area (Å²) in [5.74, 6) is -5.30. The van der Waals surface area contributed by atoms with Crippen molar-refractivity contribution in [1.29, 1.82) is 0 Å². The molecule has 5 rings (SSSR count). The number of amides is 2. The van der Waals surface area contributed by atoms with Gasteiger partial charge in [0.25, 0.3) is 11.8 Å². The Kier molecular flexibility index (Phi) is 21.6. The molecule has 68 heavy (non-hydrogen) atoms. The number of hydrogen-bond acceptors (Lipinski definition) is 14. The van der Waals surface area contributed by atoms with Gasteiger partial charge in [0.05, 0.1) is 17.6 Å². The van der Waals surface area contributed by atoms with Gasteiger partial charge in [-0.3, -0.25) is 9.59 Å². The van der Waals surface area contributed by atoms with Gasteiger partial charge in [-0.05, 0) is 24.3 Å². The van der Waals surface area contributed by atoms with Crippen molar-refractivity contribution in [3.05, 3.63) is 84.2 Å². The number of benzene rings is 2. The van der Waals surface area contributed by atoms with Crippen LogP contribution in [0.15, 0.2) is 72.8 Å². The molecule has 0 radical (unpaired) electrons. The zero-order valence-corrected chi connectivity index (χ0v) is 34.5. The zero-order valence-electron chi connectivity index (χ0n) is 34.5. The van der Waals surface area contributed by atoms with E-state index in [-0.39, 0.29) is 48.6 Å². The summed E-state index contributed by atoms with van der Waals surface area (Å²) in [6, 6.07) is 20.8. The molecule has 0 bridgehead atoms. The average Bonchev–Trinajstić information content (AvgIpc) is 3.26. The number of pyridine rings is 3. The topological polar surface area (TPSA) is 301 Å². The third-order valence-corrected chi connectivity index (χ3v) is 7.36. The Labute approximate surface area is 376 Å². The van der Waals surface area contributed by atoms with E-state index in [1.54, 1.807) is 24.3 Å². The maximum Gasteiger partial charge on any atom is 0.490 e. The Bertz CT molecular complexity index is 2390. The molecule has 0 fully saturated rings. The number of halogens is 9. The number of aromatic nitrogens is 3. The highest BCUT2D eigenvalue weighted by Gasteiger charge is 2.39. The molecule has 0 unspecified atom stereocenters. The van der Waals surface area contributed by atoms with E-state index in [2.05, 4.69) is 36.8 Å². The Morgan fingerprint density at radius 2 is 0.956 bits per heavy atom. The molecule has 28 heteroatoms. The van der Waals surface area contributed by atoms with E-state index in [9.17, 15) is 49.1 Å². The van der Waals surface area contributed by atoms with Crippen LogP contribution < -0.4 is 41.6 Å². The minimum Gasteiger partial charge on any atom is -0.492 e. The van der Waals surface area contributed by atoms with Gasteiger partial charge in [-0.1, -0.05) is 30.2 Å². The number of aliphatic carboxylic acids is 3. The molecule has 19 nitrogen and oxygen atoms in total. The molecule has 0 aliphatic rings. The predicted octanol–water partition coefficient (Wildman–Crippen LogP) is 4.86. The lowest BCUT2D eigenvalue weighted by Gasteiger charge is -2.14. The highest BCUT2D eigenvalue weighted by molar-refractivity contribution is 6.07. The monoisotopic (exact) mass is 976 g/mol. The number of nitrogens with one attached hydrogen (secondary N) is 3. The number of ether oxygens (including phenoxy) is 3. The highest BCUT2D eigenvalue weighted by Crippen LogP contribution is 2.29. The molecule has 0 saturated carbocycles. The molecule has 366 valence electrons. The molecule has 3 heterocycles. The van der Waals surface area contributed by atoms with Crippen molar-refractivity contribution in [1.82, 2.24) is 20.3 Å². The van der Waals surface area contributed by atoms with Crippen LogP contribution in [0, 0.1) is 12.3 Å². The summed E-state index contributed by atoms with van der Waals surface area (Å²) in [6.45, 7) is 2.22. The van der Waals surface area contributed by atoms with Crippen LogP contribution in [0.2, 0.25) is 0 Å². The van der Waals surface area contributed by atoms with Crippen molar-refractivity contribution in [2.24, 2.45) is 11.5 Å². The van der Waals surface area contributed by atoms with Crippen LogP contribution in [-0.2, 0) is 14.4 Å². The van der Waals surface area contributed by atoms with Gasteiger partial charge in [-0.2, -0.15) is 39.5 Å². The number of alkyl halides is 9. The summed E-state index contributed by atoms with van der Waals surface area (Å²) in [5.41, 5.74) is 12.3. The SMILES string of the molecule is C#CCNCCOc1cc(C(=O)Nc2cc(OCCN)c3ccccc3n2)nc(C(=O)Nc2cc(OCCN)c3ccccc3n2)c1.O=C(O)C(F)(F)F.O=C(O)C(F)(F)F.O=C(O)C(F)(F)F. The number of anilines is 2. The molecule has 0 atom stereocenters. The van der Waals surface area contributed by atoms with Gasteiger partial charge in [0.2, 0.25) is 0 Å². The second kappa shape index (κ2) is 26.2. The van der Waals surface area contributed by atoms with E-state index in [1.807, 2.05) is 36.4 Å². The fourth-order valence-electron chi connectivity index (χ4n) is 4.58. The van der Waals surface area contributed by atoms with Crippen molar-refractivity contribution >= 4 is 63.2 Å². The third-order valence-electron chi connectivity index (χ3n) is 7.36. The Morgan fingerprint density at radius 1 is 0.588 bits per heavy atom. The van der Waals surface area contributed by atoms with Crippen molar-refractivity contribution in [2.45, 2.75) is 18.5 Å². The lowest BCUT2D eigenvalue weighted by molar-refractivity contribution is -0.193. The van der Waals surface area contributed by atoms with Gasteiger partial charge in [0.1, 0.15) is 60.1 Å². The lowest BCUT2D eigenvalue weighted by atomic mass is 10.2. The number of terminal acetylenes is 1. The second-order valence-corrected chi connectivity index (χ2v) is 12.4. The van der Waals surface area contributed by atoms with Crippen molar-refractivity contribution in [3.8, 4) is 29.6 Å². The first kappa shape index (κ1) is 56.1. The number of carbonyl (C=O) groups excluding carboxylic acids is 2. The summed E-state index contributed by atoms with van der Waals surface area (Å²) in [4.78, 5) is 67.2. The normalized spacial score (nSPS) is 10.9. The van der Waals surface area contributed by atoms with Gasteiger partial charge in [-0.25, -0.2) is 29.3 Å². The molecular formula is C40H37F9N8O11. The second-order valence-electron chi connectivity index (χ2n) is 12.4. The van der Waals surface area contributed by atoms with Crippen molar-refractivity contribution < 1.29 is 93.0 Å². The molecule has 2 aromatic carbocycles. The van der Waals surface area contributed by atoms with Crippen LogP contribution >= 0.6 is 0 Å². The van der Waals surface area contributed by atoms with E-state index in [4.69, 9.17) is 61.8 Å². The van der Waals surface area contributed by atoms with E-state index in [0.29, 0.717) is 48.7 Å². The molecule has 0 aliphatic carbocycles. The number of nitrogens with zero attached hydrogens (tertiary/aromatic N) is 3. The molecule has 0 aliphatic heterocycles. The maximum atomic E-state index is 13.5. The van der Waals surface area contributed by atoms with Gasteiger partial charge in [-0.15, -0.1) is 6.42 Å². The van der Waals surface area contributed by atoms with Gasteiger partial charge >= 0.3 is 36.4 Å². The molecule has 3 aromatic heterocycles. The van der Waals surface area contributed by atoms with Crippen LogP contribution in [0.4, 0.5) is 51.1 Å². The molecule has 2 amide bonds. The number of nitrogens with two attached hydrogens (primary N) is 2. The van der Waals surface area contributed by atoms with E-state index >= 15 is 0 Å². The third kappa shape index (κ3) is 19.2. The minimum absolute atomic E-state index is 0.0814. The van der Waals surface area contributed by atoms with Crippen LogP contribution in [-0.4, -0.2) is 125 Å². The number of carboxylic acids is 3. The predicted molar refractivity (Wildman–Crippen MR) is 221 cm³/mol. The van der Waals surface area contributed by atoms with Gasteiger partial charge in [0.15, 0.2) is 0 Å². The minimum atomic E-state index is -5.08. The lowest BCUT2D eigenvalue weighted by Crippen LogP contribution is -2.22. The number of rotatable bonds is 15. The number of carbonyl (C=O) groups is 5.